The van der Waals surface area contributed by atoms with E-state index in [0.29, 0.717) is 0 Å². The Bertz CT molecular complexity index is 306. The van der Waals surface area contributed by atoms with Crippen LogP contribution in [0.5, 0.6) is 0 Å². The molecule has 0 atom stereocenters. The summed E-state index contributed by atoms with van der Waals surface area (Å²) in [6.07, 6.45) is 13.4. The van der Waals surface area contributed by atoms with Crippen molar-refractivity contribution in [2.75, 3.05) is 0 Å². The second-order valence-corrected chi connectivity index (χ2v) is 3.69. The van der Waals surface area contributed by atoms with E-state index in [1.54, 1.807) is 0 Å². The number of allylic oxidation sites excluding steroid dienone is 4. The minimum absolute atomic E-state index is 0. The van der Waals surface area contributed by atoms with E-state index in [1.807, 2.05) is 0 Å². The summed E-state index contributed by atoms with van der Waals surface area (Å²) in [7, 11) is 0. The Morgan fingerprint density at radius 2 is 1.28 bits per heavy atom. The fourth-order valence-corrected chi connectivity index (χ4v) is 1.15. The average Bonchev–Trinajstić information content (AvgIpc) is 2.15. The number of carboxylic acid groups (broad SMARTS) is 1. The summed E-state index contributed by atoms with van der Waals surface area (Å²) in [5, 5.41) is 9.62. The van der Waals surface area contributed by atoms with Gasteiger partial charge in [0.15, 0.2) is 5.78 Å². The van der Waals surface area contributed by atoms with E-state index >= 15 is 0 Å². The van der Waals surface area contributed by atoms with Crippen molar-refractivity contribution in [3.05, 3.63) is 24.3 Å². The molecule has 0 spiro atoms. The number of aliphatic carboxylic acids is 1. The molecule has 1 aliphatic carbocycles. The third-order valence-corrected chi connectivity index (χ3v) is 1.97. The second-order valence-electron chi connectivity index (χ2n) is 3.69. The van der Waals surface area contributed by atoms with Gasteiger partial charge in [0.05, 0.1) is 6.42 Å². The molecule has 0 bridgehead atoms. The first-order valence-corrected chi connectivity index (χ1v) is 5.57. The molecule has 1 rings (SSSR count). The van der Waals surface area contributed by atoms with E-state index in [-0.39, 0.29) is 19.5 Å². The van der Waals surface area contributed by atoms with Crippen LogP contribution < -0.4 is 5.11 Å². The van der Waals surface area contributed by atoms with Crippen molar-refractivity contribution in [1.82, 2.24) is 0 Å². The van der Waals surface area contributed by atoms with Crippen LogP contribution in [0.25, 0.3) is 0 Å². The zero-order valence-electron chi connectivity index (χ0n) is 10.3. The molecule has 103 valence electrons. The van der Waals surface area contributed by atoms with Crippen molar-refractivity contribution in [1.29, 1.82) is 0 Å². The monoisotopic (exact) mass is 340 g/mol. The minimum atomic E-state index is -1.80. The summed E-state index contributed by atoms with van der Waals surface area (Å²) < 4.78 is 0. The number of carboxylic acids is 1. The number of ketones is 2. The van der Waals surface area contributed by atoms with Gasteiger partial charge in [-0.3, -0.25) is 9.59 Å². The normalized spacial score (nSPS) is 14.9. The quantitative estimate of drug-likeness (QED) is 0.332. The molecular weight excluding hydrogens is 323 g/mol. The van der Waals surface area contributed by atoms with Crippen LogP contribution in [0.15, 0.2) is 24.3 Å². The van der Waals surface area contributed by atoms with Gasteiger partial charge in [-0.2, -0.15) is 0 Å². The maximum atomic E-state index is 10.1. The Labute approximate surface area is 120 Å². The zero-order valence-corrected chi connectivity index (χ0v) is 11.9. The van der Waals surface area contributed by atoms with Gasteiger partial charge in [-0.1, -0.05) is 24.3 Å². The summed E-state index contributed by atoms with van der Waals surface area (Å²) in [5.41, 5.74) is 0. The number of carbonyl (C=O) groups excluding carboxylic acids is 3. The van der Waals surface area contributed by atoms with Crippen LogP contribution in [0, 0.1) is 0 Å². The van der Waals surface area contributed by atoms with Crippen molar-refractivity contribution in [2.45, 2.75) is 39.0 Å². The molecule has 0 fully saturated rings. The van der Waals surface area contributed by atoms with Crippen LogP contribution >= 0.6 is 0 Å². The molecular formula is C13H17O4Rh-. The van der Waals surface area contributed by atoms with Gasteiger partial charge in [0.2, 0.25) is 0 Å². The van der Waals surface area contributed by atoms with Gasteiger partial charge >= 0.3 is 0 Å². The zero-order chi connectivity index (χ0) is 13.1. The third-order valence-electron chi connectivity index (χ3n) is 1.97. The fraction of sp³-hybridized carbons (Fsp3) is 0.462. The van der Waals surface area contributed by atoms with Gasteiger partial charge in [0, 0.05) is 19.5 Å². The van der Waals surface area contributed by atoms with Gasteiger partial charge in [0.25, 0.3) is 0 Å². The van der Waals surface area contributed by atoms with Crippen molar-refractivity contribution in [2.24, 2.45) is 0 Å². The summed E-state index contributed by atoms with van der Waals surface area (Å²) in [6.45, 7) is 1.14. The Morgan fingerprint density at radius 3 is 1.44 bits per heavy atom. The van der Waals surface area contributed by atoms with Crippen molar-refractivity contribution in [3.8, 4) is 0 Å². The van der Waals surface area contributed by atoms with E-state index in [0.717, 1.165) is 6.92 Å². The van der Waals surface area contributed by atoms with Gasteiger partial charge in [0.1, 0.15) is 11.8 Å². The van der Waals surface area contributed by atoms with Crippen LogP contribution in [0.2, 0.25) is 0 Å². The van der Waals surface area contributed by atoms with Gasteiger partial charge in [-0.25, -0.2) is 0 Å². The summed E-state index contributed by atoms with van der Waals surface area (Å²) >= 11 is 0. The SMILES string of the molecule is C1=CCC/C=C\CC1.CC(=O)CC(=O)C(=O)[O-].[Rh]. The molecule has 4 nitrogen and oxygen atoms in total. The third kappa shape index (κ3) is 13.0. The van der Waals surface area contributed by atoms with Crippen LogP contribution in [-0.2, 0) is 33.9 Å². The Morgan fingerprint density at radius 1 is 0.944 bits per heavy atom. The minimum Gasteiger partial charge on any atom is -0.542 e. The van der Waals surface area contributed by atoms with E-state index in [4.69, 9.17) is 0 Å². The molecule has 0 aliphatic heterocycles. The molecule has 1 radical (unpaired) electrons. The van der Waals surface area contributed by atoms with Crippen molar-refractivity contribution < 1.29 is 39.0 Å². The van der Waals surface area contributed by atoms with Crippen LogP contribution in [0.4, 0.5) is 0 Å². The smallest absolute Gasteiger partial charge is 0.185 e. The standard InChI is InChI=1S/C8H12.C5H6O4.Rh/c1-2-4-6-8-7-5-3-1;1-3(6)2-4(7)5(8)9;/h1-2,7-8H,3-6H2;2H2,1H3,(H,8,9);/p-1/b2-1-,8-7?;;. The van der Waals surface area contributed by atoms with Gasteiger partial charge in [-0.15, -0.1) is 0 Å². The largest absolute Gasteiger partial charge is 0.542 e. The summed E-state index contributed by atoms with van der Waals surface area (Å²) in [5.74, 6) is -3.43. The van der Waals surface area contributed by atoms with E-state index in [1.165, 1.54) is 25.7 Å². The number of rotatable bonds is 3. The molecule has 0 N–H and O–H groups in total. The molecule has 0 aromatic carbocycles. The van der Waals surface area contributed by atoms with Crippen LogP contribution in [0.1, 0.15) is 39.0 Å². The Hall–Kier alpha value is -1.09. The topological polar surface area (TPSA) is 74.3 Å². The maximum Gasteiger partial charge on any atom is 0.185 e. The van der Waals surface area contributed by atoms with E-state index < -0.39 is 24.0 Å². The molecule has 0 aromatic heterocycles. The molecule has 0 heterocycles. The molecule has 1 aliphatic rings. The second kappa shape index (κ2) is 12.4. The maximum absolute atomic E-state index is 10.1. The number of Topliss-reactive ketones (excluding diaryl/α,β-unsaturated/α-hetero) is 2. The first kappa shape index (κ1) is 19.3. The molecule has 0 saturated carbocycles. The molecule has 5 heteroatoms. The number of carbonyl (C=O) groups is 3. The molecule has 0 saturated heterocycles. The van der Waals surface area contributed by atoms with Crippen LogP contribution in [-0.4, -0.2) is 17.5 Å². The van der Waals surface area contributed by atoms with Crippen molar-refractivity contribution in [3.63, 3.8) is 0 Å². The average molecular weight is 340 g/mol. The van der Waals surface area contributed by atoms with E-state index in [9.17, 15) is 19.5 Å². The van der Waals surface area contributed by atoms with Gasteiger partial charge in [-0.05, 0) is 32.6 Å². The summed E-state index contributed by atoms with van der Waals surface area (Å²) in [4.78, 5) is 29.7. The van der Waals surface area contributed by atoms with Crippen LogP contribution in [0.3, 0.4) is 0 Å². The number of hydrogen-bond donors (Lipinski definition) is 0. The Kier molecular flexibility index (Phi) is 13.2. The van der Waals surface area contributed by atoms with E-state index in [2.05, 4.69) is 24.3 Å². The first-order chi connectivity index (χ1) is 8.04. The van der Waals surface area contributed by atoms with Gasteiger partial charge < -0.3 is 9.90 Å². The predicted molar refractivity (Wildman–Crippen MR) is 62.1 cm³/mol. The van der Waals surface area contributed by atoms with Crippen molar-refractivity contribution >= 4 is 17.5 Å². The number of hydrogen-bond acceptors (Lipinski definition) is 4. The Balaban J connectivity index is 0. The molecule has 0 unspecified atom stereocenters. The molecule has 0 amide bonds. The summed E-state index contributed by atoms with van der Waals surface area (Å²) in [6, 6.07) is 0. The fourth-order valence-electron chi connectivity index (χ4n) is 1.15. The molecule has 0 aromatic rings. The first-order valence-electron chi connectivity index (χ1n) is 5.57. The predicted octanol–water partition coefficient (Wildman–Crippen LogP) is 0.955. The molecule has 18 heavy (non-hydrogen) atoms.